The standard InChI is InChI=1S/C23H31NO2/c1-7-21(20-10-9-15(3)12-18(20)6)24-23(25)22(8-2)26-19-13-16(4)11-17(5)14-19/h9-14,21-22H,7-8H2,1-6H3,(H,24,25)/t21-,22+/m1/s1. The van der Waals surface area contributed by atoms with E-state index in [1.165, 1.54) is 16.7 Å². The second kappa shape index (κ2) is 8.88. The largest absolute Gasteiger partial charge is 0.481 e. The molecule has 0 saturated heterocycles. The lowest BCUT2D eigenvalue weighted by atomic mass is 9.97. The molecule has 0 aliphatic carbocycles. The van der Waals surface area contributed by atoms with Gasteiger partial charge in [-0.15, -0.1) is 0 Å². The van der Waals surface area contributed by atoms with Crippen molar-refractivity contribution in [2.45, 2.75) is 66.5 Å². The minimum Gasteiger partial charge on any atom is -0.481 e. The molecule has 2 rings (SSSR count). The first-order chi connectivity index (χ1) is 12.3. The summed E-state index contributed by atoms with van der Waals surface area (Å²) in [7, 11) is 0. The van der Waals surface area contributed by atoms with Crippen molar-refractivity contribution < 1.29 is 9.53 Å². The number of rotatable bonds is 7. The van der Waals surface area contributed by atoms with Crippen molar-refractivity contribution in [1.82, 2.24) is 5.32 Å². The molecule has 2 aromatic rings. The van der Waals surface area contributed by atoms with Gasteiger partial charge in [0.25, 0.3) is 5.91 Å². The molecule has 3 heteroatoms. The SMILES string of the molecule is CC[C@H](Oc1cc(C)cc(C)c1)C(=O)N[C@H](CC)c1ccc(C)cc1C. The van der Waals surface area contributed by atoms with Crippen molar-refractivity contribution in [1.29, 1.82) is 0 Å². The van der Waals surface area contributed by atoms with E-state index < -0.39 is 6.10 Å². The highest BCUT2D eigenvalue weighted by molar-refractivity contribution is 5.81. The van der Waals surface area contributed by atoms with Crippen LogP contribution in [0.1, 0.15) is 60.5 Å². The van der Waals surface area contributed by atoms with E-state index in [2.05, 4.69) is 50.4 Å². The van der Waals surface area contributed by atoms with Gasteiger partial charge in [-0.25, -0.2) is 0 Å². The molecule has 0 bridgehead atoms. The van der Waals surface area contributed by atoms with Crippen LogP contribution in [0.4, 0.5) is 0 Å². The van der Waals surface area contributed by atoms with E-state index in [-0.39, 0.29) is 11.9 Å². The maximum atomic E-state index is 12.8. The van der Waals surface area contributed by atoms with Crippen LogP contribution in [0.15, 0.2) is 36.4 Å². The van der Waals surface area contributed by atoms with Crippen LogP contribution in [0.5, 0.6) is 5.75 Å². The molecule has 1 amide bonds. The molecule has 0 radical (unpaired) electrons. The van der Waals surface area contributed by atoms with Gasteiger partial charge in [0.2, 0.25) is 0 Å². The quantitative estimate of drug-likeness (QED) is 0.729. The highest BCUT2D eigenvalue weighted by Crippen LogP contribution is 2.23. The van der Waals surface area contributed by atoms with E-state index in [1.807, 2.05) is 32.9 Å². The molecule has 0 spiro atoms. The molecule has 3 nitrogen and oxygen atoms in total. The summed E-state index contributed by atoms with van der Waals surface area (Å²) in [5, 5.41) is 3.18. The van der Waals surface area contributed by atoms with Crippen LogP contribution in [-0.4, -0.2) is 12.0 Å². The van der Waals surface area contributed by atoms with Crippen LogP contribution >= 0.6 is 0 Å². The van der Waals surface area contributed by atoms with Gasteiger partial charge in [0, 0.05) is 0 Å². The van der Waals surface area contributed by atoms with E-state index in [0.717, 1.165) is 23.3 Å². The molecule has 0 aliphatic rings. The third-order valence-corrected chi connectivity index (χ3v) is 4.66. The van der Waals surface area contributed by atoms with Crippen LogP contribution in [0.2, 0.25) is 0 Å². The molecule has 140 valence electrons. The van der Waals surface area contributed by atoms with E-state index in [0.29, 0.717) is 6.42 Å². The molecular weight excluding hydrogens is 322 g/mol. The lowest BCUT2D eigenvalue weighted by Crippen LogP contribution is -2.40. The van der Waals surface area contributed by atoms with Crippen LogP contribution in [-0.2, 0) is 4.79 Å². The number of hydrogen-bond donors (Lipinski definition) is 1. The monoisotopic (exact) mass is 353 g/mol. The first kappa shape index (κ1) is 20.0. The Kier molecular flexibility index (Phi) is 6.84. The highest BCUT2D eigenvalue weighted by Gasteiger charge is 2.22. The van der Waals surface area contributed by atoms with Gasteiger partial charge in [0.05, 0.1) is 6.04 Å². The van der Waals surface area contributed by atoms with E-state index in [1.54, 1.807) is 0 Å². The van der Waals surface area contributed by atoms with Crippen molar-refractivity contribution in [3.8, 4) is 5.75 Å². The number of benzene rings is 2. The predicted molar refractivity (Wildman–Crippen MR) is 108 cm³/mol. The van der Waals surface area contributed by atoms with Gasteiger partial charge >= 0.3 is 0 Å². The maximum Gasteiger partial charge on any atom is 0.261 e. The van der Waals surface area contributed by atoms with Gasteiger partial charge in [-0.2, -0.15) is 0 Å². The summed E-state index contributed by atoms with van der Waals surface area (Å²) < 4.78 is 6.01. The number of nitrogens with one attached hydrogen (secondary N) is 1. The Morgan fingerprint density at radius 1 is 0.923 bits per heavy atom. The lowest BCUT2D eigenvalue weighted by Gasteiger charge is -2.24. The third kappa shape index (κ3) is 5.10. The normalized spacial score (nSPS) is 13.2. The molecule has 0 heterocycles. The van der Waals surface area contributed by atoms with Gasteiger partial charge in [-0.1, -0.05) is 43.7 Å². The molecule has 0 aliphatic heterocycles. The lowest BCUT2D eigenvalue weighted by molar-refractivity contribution is -0.128. The van der Waals surface area contributed by atoms with Crippen LogP contribution < -0.4 is 10.1 Å². The zero-order chi connectivity index (χ0) is 19.3. The molecule has 0 fully saturated rings. The number of carbonyl (C=O) groups excluding carboxylic acids is 1. The Bertz CT molecular complexity index is 747. The molecule has 0 saturated carbocycles. The minimum atomic E-state index is -0.490. The van der Waals surface area contributed by atoms with E-state index in [4.69, 9.17) is 4.74 Å². The fourth-order valence-corrected chi connectivity index (χ4v) is 3.37. The van der Waals surface area contributed by atoms with Crippen molar-refractivity contribution in [2.24, 2.45) is 0 Å². The Balaban J connectivity index is 2.13. The highest BCUT2D eigenvalue weighted by atomic mass is 16.5. The molecule has 1 N–H and O–H groups in total. The second-order valence-corrected chi connectivity index (χ2v) is 7.17. The van der Waals surface area contributed by atoms with Crippen molar-refractivity contribution >= 4 is 5.91 Å². The minimum absolute atomic E-state index is 0.00000409. The zero-order valence-corrected chi connectivity index (χ0v) is 16.8. The first-order valence-corrected chi connectivity index (χ1v) is 9.46. The van der Waals surface area contributed by atoms with Gasteiger partial charge in [0.1, 0.15) is 5.75 Å². The summed E-state index contributed by atoms with van der Waals surface area (Å²) in [4.78, 5) is 12.8. The Labute approximate surface area is 157 Å². The van der Waals surface area contributed by atoms with Gasteiger partial charge in [-0.05, 0) is 74.9 Å². The van der Waals surface area contributed by atoms with Crippen molar-refractivity contribution in [2.75, 3.05) is 0 Å². The third-order valence-electron chi connectivity index (χ3n) is 4.66. The average Bonchev–Trinajstić information content (AvgIpc) is 2.57. The number of aryl methyl sites for hydroxylation is 4. The fourth-order valence-electron chi connectivity index (χ4n) is 3.37. The van der Waals surface area contributed by atoms with E-state index in [9.17, 15) is 4.79 Å². The topological polar surface area (TPSA) is 38.3 Å². The number of carbonyl (C=O) groups is 1. The molecule has 2 aromatic carbocycles. The van der Waals surface area contributed by atoms with Crippen molar-refractivity contribution in [3.63, 3.8) is 0 Å². The fraction of sp³-hybridized carbons (Fsp3) is 0.435. The smallest absolute Gasteiger partial charge is 0.261 e. The predicted octanol–water partition coefficient (Wildman–Crippen LogP) is 5.35. The maximum absolute atomic E-state index is 12.8. The summed E-state index contributed by atoms with van der Waals surface area (Å²) in [6.45, 7) is 12.3. The molecule has 26 heavy (non-hydrogen) atoms. The Hall–Kier alpha value is -2.29. The molecular formula is C23H31NO2. The van der Waals surface area contributed by atoms with Gasteiger partial charge in [-0.3, -0.25) is 4.79 Å². The van der Waals surface area contributed by atoms with Gasteiger partial charge in [0.15, 0.2) is 6.10 Å². The zero-order valence-electron chi connectivity index (χ0n) is 16.8. The average molecular weight is 354 g/mol. The molecule has 0 aromatic heterocycles. The summed E-state index contributed by atoms with van der Waals surface area (Å²) >= 11 is 0. The Morgan fingerprint density at radius 2 is 1.58 bits per heavy atom. The van der Waals surface area contributed by atoms with Crippen molar-refractivity contribution in [3.05, 3.63) is 64.2 Å². The molecule has 2 atom stereocenters. The summed E-state index contributed by atoms with van der Waals surface area (Å²) in [5.41, 5.74) is 5.89. The van der Waals surface area contributed by atoms with E-state index >= 15 is 0 Å². The Morgan fingerprint density at radius 3 is 2.12 bits per heavy atom. The summed E-state index contributed by atoms with van der Waals surface area (Å²) in [6, 6.07) is 12.4. The number of hydrogen-bond acceptors (Lipinski definition) is 2. The first-order valence-electron chi connectivity index (χ1n) is 9.46. The number of ether oxygens (including phenoxy) is 1. The second-order valence-electron chi connectivity index (χ2n) is 7.17. The summed E-state index contributed by atoms with van der Waals surface area (Å²) in [5.74, 6) is 0.697. The van der Waals surface area contributed by atoms with Crippen LogP contribution in [0, 0.1) is 27.7 Å². The van der Waals surface area contributed by atoms with Crippen LogP contribution in [0.3, 0.4) is 0 Å². The molecule has 0 unspecified atom stereocenters. The number of amides is 1. The summed E-state index contributed by atoms with van der Waals surface area (Å²) in [6.07, 6.45) is 0.980. The van der Waals surface area contributed by atoms with Gasteiger partial charge < -0.3 is 10.1 Å². The van der Waals surface area contributed by atoms with Crippen LogP contribution in [0.25, 0.3) is 0 Å².